The zero-order chi connectivity index (χ0) is 34.6. The predicted molar refractivity (Wildman–Crippen MR) is 227 cm³/mol. The van der Waals surface area contributed by atoms with Gasteiger partial charge in [0.1, 0.15) is 0 Å². The first kappa shape index (κ1) is 29.3. The Hall–Kier alpha value is -6.35. The summed E-state index contributed by atoms with van der Waals surface area (Å²) >= 11 is 0. The van der Waals surface area contributed by atoms with E-state index in [0.29, 0.717) is 0 Å². The highest BCUT2D eigenvalue weighted by molar-refractivity contribution is 7.81. The maximum atomic E-state index is 3.99. The van der Waals surface area contributed by atoms with E-state index >= 15 is 0 Å². The number of fused-ring (bicyclic) bond motifs is 10. The summed E-state index contributed by atoms with van der Waals surface area (Å²) in [5.41, 5.74) is 18.8. The number of benzene rings is 8. The molecule has 0 bridgehead atoms. The third-order valence-corrected chi connectivity index (χ3v) is 14.1. The Kier molecular flexibility index (Phi) is 6.11. The first-order valence-corrected chi connectivity index (χ1v) is 19.7. The van der Waals surface area contributed by atoms with Gasteiger partial charge in [0.2, 0.25) is 0 Å². The molecule has 8 aromatic carbocycles. The van der Waals surface area contributed by atoms with Crippen LogP contribution in [0.25, 0.3) is 22.3 Å². The van der Waals surface area contributed by atoms with Crippen LogP contribution < -0.4 is 47.4 Å². The van der Waals surface area contributed by atoms with Crippen LogP contribution in [0.2, 0.25) is 0 Å². The van der Waals surface area contributed by atoms with Crippen LogP contribution in [-0.2, 0) is 0 Å². The van der Waals surface area contributed by atoms with E-state index < -0.39 is 7.92 Å². The zero-order valence-corrected chi connectivity index (χ0v) is 29.6. The van der Waals surface area contributed by atoms with Crippen LogP contribution >= 0.6 is 7.92 Å². The van der Waals surface area contributed by atoms with Crippen molar-refractivity contribution in [2.45, 2.75) is 0 Å². The Bertz CT molecular complexity index is 2730. The average molecular weight is 692 g/mol. The number of nitrogens with zero attached hydrogens (tertiary/aromatic N) is 2. The van der Waals surface area contributed by atoms with Gasteiger partial charge in [-0.05, 0) is 65.8 Å². The minimum absolute atomic E-state index is 0.124. The summed E-state index contributed by atoms with van der Waals surface area (Å²) in [6.45, 7) is 0.124. The van der Waals surface area contributed by atoms with Gasteiger partial charge in [0.15, 0.2) is 0 Å². The largest absolute Gasteiger partial charge is 0.356 e. The van der Waals surface area contributed by atoms with E-state index in [-0.39, 0.29) is 6.71 Å². The van der Waals surface area contributed by atoms with E-state index in [4.69, 9.17) is 0 Å². The van der Waals surface area contributed by atoms with E-state index in [1.807, 2.05) is 0 Å². The molecule has 0 saturated carbocycles. The van der Waals surface area contributed by atoms with Crippen molar-refractivity contribution in [1.29, 1.82) is 0 Å². The molecule has 1 N–H and O–H groups in total. The maximum Gasteiger partial charge on any atom is 0.252 e. The van der Waals surface area contributed by atoms with Crippen molar-refractivity contribution in [3.05, 3.63) is 182 Å². The van der Waals surface area contributed by atoms with Crippen LogP contribution in [0, 0.1) is 0 Å². The molecule has 53 heavy (non-hydrogen) atoms. The summed E-state index contributed by atoms with van der Waals surface area (Å²) < 4.78 is 0. The van der Waals surface area contributed by atoms with Gasteiger partial charge in [-0.1, -0.05) is 152 Å². The first-order chi connectivity index (χ1) is 26.3. The number of para-hydroxylation sites is 5. The maximum absolute atomic E-state index is 3.99. The van der Waals surface area contributed by atoms with Crippen molar-refractivity contribution >= 4 is 92.4 Å². The Balaban J connectivity index is 1.25. The second-order valence-electron chi connectivity index (χ2n) is 14.2. The summed E-state index contributed by atoms with van der Waals surface area (Å²) in [7, 11) is -0.891. The standard InChI is InChI=1S/C48H31BN3P/c1-3-16-31(17-4-1)33-20-15-21-34(32-18-5-2-6-19-32)46(33)52-41-27-12-14-29-44(41)53-43-28-13-11-26-40(43)51-39-25-10-8-23-36(39)49-35-22-7-9-24-37(35)50-38-30-42(52)48(53)47(51)45(38)49/h1-30,50H. The van der Waals surface area contributed by atoms with E-state index in [2.05, 4.69) is 197 Å². The molecule has 1 atom stereocenters. The molecule has 0 saturated heterocycles. The van der Waals surface area contributed by atoms with Gasteiger partial charge >= 0.3 is 0 Å². The van der Waals surface area contributed by atoms with Crippen molar-refractivity contribution in [3.63, 3.8) is 0 Å². The fourth-order valence-electron chi connectivity index (χ4n) is 9.38. The molecule has 0 aromatic heterocycles. The molecule has 3 nitrogen and oxygen atoms in total. The van der Waals surface area contributed by atoms with E-state index in [0.717, 1.165) is 0 Å². The lowest BCUT2D eigenvalue weighted by molar-refractivity contribution is 1.26. The Morgan fingerprint density at radius 2 is 0.943 bits per heavy atom. The molecule has 12 rings (SSSR count). The van der Waals surface area contributed by atoms with E-state index in [1.165, 1.54) is 100 Å². The minimum Gasteiger partial charge on any atom is -0.356 e. The molecule has 0 amide bonds. The number of nitrogens with one attached hydrogen (secondary N) is 1. The van der Waals surface area contributed by atoms with Gasteiger partial charge in [0.05, 0.1) is 28.4 Å². The van der Waals surface area contributed by atoms with E-state index in [1.54, 1.807) is 0 Å². The molecule has 246 valence electrons. The highest BCUT2D eigenvalue weighted by atomic mass is 31.1. The molecule has 4 aliphatic rings. The molecule has 5 heteroatoms. The topological polar surface area (TPSA) is 18.5 Å². The van der Waals surface area contributed by atoms with Gasteiger partial charge in [-0.2, -0.15) is 0 Å². The molecule has 4 heterocycles. The van der Waals surface area contributed by atoms with Gasteiger partial charge < -0.3 is 15.1 Å². The van der Waals surface area contributed by atoms with E-state index in [9.17, 15) is 0 Å². The fraction of sp³-hybridized carbons (Fsp3) is 0. The van der Waals surface area contributed by atoms with Crippen LogP contribution in [0.3, 0.4) is 0 Å². The lowest BCUT2D eigenvalue weighted by Crippen LogP contribution is -2.62. The van der Waals surface area contributed by atoms with Crippen LogP contribution in [0.1, 0.15) is 0 Å². The third-order valence-electron chi connectivity index (χ3n) is 11.5. The second-order valence-corrected chi connectivity index (χ2v) is 16.3. The van der Waals surface area contributed by atoms with Crippen LogP contribution in [0.15, 0.2) is 182 Å². The smallest absolute Gasteiger partial charge is 0.252 e. The highest BCUT2D eigenvalue weighted by Crippen LogP contribution is 2.59. The fourth-order valence-corrected chi connectivity index (χ4v) is 12.2. The highest BCUT2D eigenvalue weighted by Gasteiger charge is 2.49. The second kappa shape index (κ2) is 11.1. The van der Waals surface area contributed by atoms with Gasteiger partial charge in [-0.15, -0.1) is 0 Å². The Morgan fingerprint density at radius 3 is 1.60 bits per heavy atom. The lowest BCUT2D eigenvalue weighted by atomic mass is 9.33. The molecule has 4 aliphatic heterocycles. The van der Waals surface area contributed by atoms with Gasteiger partial charge in [0.25, 0.3) is 6.71 Å². The van der Waals surface area contributed by atoms with Crippen molar-refractivity contribution in [3.8, 4) is 22.3 Å². The number of rotatable bonds is 3. The van der Waals surface area contributed by atoms with Crippen LogP contribution in [-0.4, -0.2) is 6.71 Å². The van der Waals surface area contributed by atoms with Crippen molar-refractivity contribution in [2.75, 3.05) is 15.1 Å². The van der Waals surface area contributed by atoms with Crippen molar-refractivity contribution < 1.29 is 0 Å². The molecular formula is C48H31BN3P. The first-order valence-electron chi connectivity index (χ1n) is 18.3. The van der Waals surface area contributed by atoms with Gasteiger partial charge in [0, 0.05) is 44.1 Å². The normalized spacial score (nSPS) is 15.0. The quantitative estimate of drug-likeness (QED) is 0.147. The molecule has 0 spiro atoms. The molecule has 0 radical (unpaired) electrons. The van der Waals surface area contributed by atoms with Crippen molar-refractivity contribution in [2.24, 2.45) is 0 Å². The molecule has 8 aromatic rings. The zero-order valence-electron chi connectivity index (χ0n) is 28.7. The number of hydrogen-bond donors (Lipinski definition) is 1. The number of hydrogen-bond acceptors (Lipinski definition) is 3. The third kappa shape index (κ3) is 3.99. The Labute approximate surface area is 310 Å². The monoisotopic (exact) mass is 691 g/mol. The number of anilines is 8. The SMILES string of the molecule is c1ccc(-c2cccc(-c3ccccc3)c2N2c3ccccc3P3c4ccccc4N4c5ccccc5B5c6ccccc6Nc6cc2c3c4c65)cc1. The molecule has 0 aliphatic carbocycles. The van der Waals surface area contributed by atoms with Crippen molar-refractivity contribution in [1.82, 2.24) is 0 Å². The molecular weight excluding hydrogens is 660 g/mol. The summed E-state index contributed by atoms with van der Waals surface area (Å²) in [5, 5.41) is 8.21. The van der Waals surface area contributed by atoms with Crippen LogP contribution in [0.4, 0.5) is 45.5 Å². The van der Waals surface area contributed by atoms with Gasteiger partial charge in [-0.25, -0.2) is 0 Å². The predicted octanol–water partition coefficient (Wildman–Crippen LogP) is 9.23. The summed E-state index contributed by atoms with van der Waals surface area (Å²) in [6.07, 6.45) is 0. The minimum atomic E-state index is -0.891. The average Bonchev–Trinajstić information content (AvgIpc) is 3.23. The molecule has 1 unspecified atom stereocenters. The lowest BCUT2D eigenvalue weighted by Gasteiger charge is -2.50. The van der Waals surface area contributed by atoms with Gasteiger partial charge in [-0.3, -0.25) is 0 Å². The summed E-state index contributed by atoms with van der Waals surface area (Å²) in [5.74, 6) is 0. The summed E-state index contributed by atoms with van der Waals surface area (Å²) in [6, 6.07) is 67.4. The molecule has 0 fully saturated rings. The van der Waals surface area contributed by atoms with Crippen LogP contribution in [0.5, 0.6) is 0 Å². The Morgan fingerprint density at radius 1 is 0.415 bits per heavy atom. The summed E-state index contributed by atoms with van der Waals surface area (Å²) in [4.78, 5) is 5.20.